The molecule has 0 fully saturated rings. The molecule has 0 radical (unpaired) electrons. The second-order valence-corrected chi connectivity index (χ2v) is 12.8. The zero-order valence-electron chi connectivity index (χ0n) is 27.0. The molecule has 0 amide bonds. The summed E-state index contributed by atoms with van der Waals surface area (Å²) in [6, 6.07) is 20.9. The molecule has 3 aliphatic rings. The van der Waals surface area contributed by atoms with Gasteiger partial charge in [0.25, 0.3) is 0 Å². The lowest BCUT2D eigenvalue weighted by atomic mass is 9.70. The van der Waals surface area contributed by atoms with Gasteiger partial charge in [-0.25, -0.2) is 8.78 Å². The van der Waals surface area contributed by atoms with E-state index in [0.717, 1.165) is 24.3 Å². The highest BCUT2D eigenvalue weighted by Crippen LogP contribution is 2.59. The van der Waals surface area contributed by atoms with Gasteiger partial charge in [-0.05, 0) is 104 Å². The first-order valence-electron chi connectivity index (χ1n) is 15.6. The first-order chi connectivity index (χ1) is 25.0. The second-order valence-electron chi connectivity index (χ2n) is 12.8. The van der Waals surface area contributed by atoms with Gasteiger partial charge in [0, 0.05) is 16.9 Å². The smallest absolute Gasteiger partial charge is 0.206 e. The molecular weight excluding hydrogens is 700 g/mol. The number of nitrogens with zero attached hydrogens (tertiary/aromatic N) is 4. The van der Waals surface area contributed by atoms with Crippen LogP contribution in [0.2, 0.25) is 0 Å². The van der Waals surface area contributed by atoms with Crippen molar-refractivity contribution in [1.29, 1.82) is 21.0 Å². The standard InChI is InChI=1S/C41H18F8N4/c1-39-9-8-23(22-4-7-32(36(43)13-22)41(47,48)49)11-34(39)38(25(18-52)19-53)30-14-27-26-5-2-20(21-3-6-31(35(42)12-21)40(44,45)46)10-28(26)37(24(16-50)17-51)29(27)15-33(30)39/h2-15,34H,1H3. The molecule has 4 aromatic carbocycles. The summed E-state index contributed by atoms with van der Waals surface area (Å²) >= 11 is 0. The number of alkyl halides is 6. The predicted molar refractivity (Wildman–Crippen MR) is 177 cm³/mol. The van der Waals surface area contributed by atoms with Crippen LogP contribution >= 0.6 is 0 Å². The molecule has 0 heterocycles. The average Bonchev–Trinajstić information content (AvgIpc) is 3.55. The Balaban J connectivity index is 1.42. The van der Waals surface area contributed by atoms with Gasteiger partial charge in [0.1, 0.15) is 47.1 Å². The number of fused-ring (bicyclic) bond motifs is 6. The summed E-state index contributed by atoms with van der Waals surface area (Å²) in [4.78, 5) is 0. The van der Waals surface area contributed by atoms with Gasteiger partial charge < -0.3 is 0 Å². The van der Waals surface area contributed by atoms with Crippen LogP contribution in [0.4, 0.5) is 35.1 Å². The minimum atomic E-state index is -4.90. The van der Waals surface area contributed by atoms with Crippen LogP contribution in [0.3, 0.4) is 0 Å². The largest absolute Gasteiger partial charge is 0.419 e. The zero-order chi connectivity index (χ0) is 38.2. The third-order valence-electron chi connectivity index (χ3n) is 9.97. The highest BCUT2D eigenvalue weighted by atomic mass is 19.4. The SMILES string of the molecule is CC12C=CC(c3ccc(C(F)(F)F)c(F)c3)=CC1C(=C(C#N)C#N)c1cc3c(cc12)C(=C(C#N)C#N)c1cc(-c2ccc(C(F)(F)F)c(F)c2)ccc1-3. The number of benzene rings is 4. The Bertz CT molecular complexity index is 2600. The van der Waals surface area contributed by atoms with Crippen molar-refractivity contribution in [1.82, 2.24) is 0 Å². The third kappa shape index (κ3) is 5.31. The van der Waals surface area contributed by atoms with Crippen molar-refractivity contribution < 1.29 is 35.1 Å². The third-order valence-corrected chi connectivity index (χ3v) is 9.97. The molecule has 0 spiro atoms. The van der Waals surface area contributed by atoms with Crippen molar-refractivity contribution in [2.75, 3.05) is 0 Å². The zero-order valence-corrected chi connectivity index (χ0v) is 27.0. The van der Waals surface area contributed by atoms with E-state index in [-0.39, 0.29) is 27.8 Å². The average molecular weight is 719 g/mol. The van der Waals surface area contributed by atoms with E-state index in [0.29, 0.717) is 62.2 Å². The van der Waals surface area contributed by atoms with E-state index in [1.807, 2.05) is 31.2 Å². The van der Waals surface area contributed by atoms with E-state index in [4.69, 9.17) is 0 Å². The molecule has 0 bridgehead atoms. The molecule has 4 aromatic rings. The molecular formula is C41H18F8N4. The summed E-state index contributed by atoms with van der Waals surface area (Å²) < 4.78 is 109. The first-order valence-corrected chi connectivity index (χ1v) is 15.6. The molecule has 7 rings (SSSR count). The van der Waals surface area contributed by atoms with Crippen LogP contribution in [-0.4, -0.2) is 0 Å². The second kappa shape index (κ2) is 11.9. The topological polar surface area (TPSA) is 95.2 Å². The number of rotatable bonds is 2. The van der Waals surface area contributed by atoms with E-state index in [9.17, 15) is 56.2 Å². The maximum Gasteiger partial charge on any atom is 0.419 e. The van der Waals surface area contributed by atoms with Crippen LogP contribution in [0.15, 0.2) is 96.1 Å². The van der Waals surface area contributed by atoms with Crippen molar-refractivity contribution in [3.8, 4) is 46.5 Å². The van der Waals surface area contributed by atoms with Gasteiger partial charge in [0.15, 0.2) is 0 Å². The van der Waals surface area contributed by atoms with E-state index in [2.05, 4.69) is 0 Å². The van der Waals surface area contributed by atoms with Gasteiger partial charge in [-0.15, -0.1) is 0 Å². The Hall–Kier alpha value is -6.76. The Morgan fingerprint density at radius 2 is 1.13 bits per heavy atom. The minimum absolute atomic E-state index is 0.114. The fourth-order valence-corrected chi connectivity index (χ4v) is 7.47. The van der Waals surface area contributed by atoms with E-state index >= 15 is 0 Å². The first kappa shape index (κ1) is 34.7. The number of hydrogen-bond acceptors (Lipinski definition) is 4. The Labute approximate surface area is 296 Å². The molecule has 3 aliphatic carbocycles. The van der Waals surface area contributed by atoms with E-state index in [1.165, 1.54) is 0 Å². The molecule has 2 unspecified atom stereocenters. The summed E-state index contributed by atoms with van der Waals surface area (Å²) in [5, 5.41) is 40.2. The van der Waals surface area contributed by atoms with E-state index < -0.39 is 46.4 Å². The molecule has 2 atom stereocenters. The van der Waals surface area contributed by atoms with Crippen molar-refractivity contribution >= 4 is 16.7 Å². The molecule has 0 aromatic heterocycles. The number of allylic oxidation sites excluding steroid dienone is 7. The van der Waals surface area contributed by atoms with Gasteiger partial charge in [-0.3, -0.25) is 0 Å². The lowest BCUT2D eigenvalue weighted by Crippen LogP contribution is -2.26. The van der Waals surface area contributed by atoms with Crippen molar-refractivity contribution in [2.45, 2.75) is 24.7 Å². The summed E-state index contributed by atoms with van der Waals surface area (Å²) in [5.74, 6) is -3.67. The molecule has 0 N–H and O–H groups in total. The molecule has 4 nitrogen and oxygen atoms in total. The van der Waals surface area contributed by atoms with Gasteiger partial charge in [-0.1, -0.05) is 49.4 Å². The summed E-state index contributed by atoms with van der Waals surface area (Å²) in [7, 11) is 0. The molecule has 53 heavy (non-hydrogen) atoms. The molecule has 0 aliphatic heterocycles. The van der Waals surface area contributed by atoms with Gasteiger partial charge in [0.05, 0.1) is 11.1 Å². The van der Waals surface area contributed by atoms with Crippen molar-refractivity contribution in [3.05, 3.63) is 147 Å². The quantitative estimate of drug-likeness (QED) is 0.134. The van der Waals surface area contributed by atoms with Crippen molar-refractivity contribution in [2.24, 2.45) is 5.92 Å². The van der Waals surface area contributed by atoms with Crippen molar-refractivity contribution in [3.63, 3.8) is 0 Å². The lowest BCUT2D eigenvalue weighted by Gasteiger charge is -2.32. The molecule has 0 saturated carbocycles. The number of hydrogen-bond donors (Lipinski definition) is 0. The maximum absolute atomic E-state index is 14.6. The Kier molecular flexibility index (Phi) is 7.79. The molecule has 12 heteroatoms. The Morgan fingerprint density at radius 1 is 0.604 bits per heavy atom. The van der Waals surface area contributed by atoms with Crippen LogP contribution < -0.4 is 0 Å². The predicted octanol–water partition coefficient (Wildman–Crippen LogP) is 10.8. The fraction of sp³-hybridized carbons (Fsp3) is 0.122. The fourth-order valence-electron chi connectivity index (χ4n) is 7.47. The Morgan fingerprint density at radius 3 is 1.70 bits per heavy atom. The van der Waals surface area contributed by atoms with Crippen LogP contribution in [0.5, 0.6) is 0 Å². The lowest BCUT2D eigenvalue weighted by molar-refractivity contribution is -0.140. The molecule has 258 valence electrons. The highest BCUT2D eigenvalue weighted by molar-refractivity contribution is 6.07. The maximum atomic E-state index is 14.6. The normalized spacial score (nSPS) is 18.1. The van der Waals surface area contributed by atoms with Gasteiger partial charge >= 0.3 is 12.4 Å². The number of nitriles is 4. The minimum Gasteiger partial charge on any atom is -0.206 e. The van der Waals surface area contributed by atoms with Crippen LogP contribution in [0.25, 0.3) is 39.0 Å². The molecule has 0 saturated heterocycles. The summed E-state index contributed by atoms with van der Waals surface area (Å²) in [6.07, 6.45) is -4.80. The van der Waals surface area contributed by atoms with Gasteiger partial charge in [-0.2, -0.15) is 47.4 Å². The highest BCUT2D eigenvalue weighted by Gasteiger charge is 2.48. The van der Waals surface area contributed by atoms with Crippen LogP contribution in [0.1, 0.15) is 45.9 Å². The number of halogens is 8. The monoisotopic (exact) mass is 718 g/mol. The van der Waals surface area contributed by atoms with Crippen LogP contribution in [-0.2, 0) is 17.8 Å². The van der Waals surface area contributed by atoms with E-state index in [1.54, 1.807) is 48.6 Å². The summed E-state index contributed by atoms with van der Waals surface area (Å²) in [5.41, 5.74) is -0.0273. The van der Waals surface area contributed by atoms with Gasteiger partial charge in [0.2, 0.25) is 0 Å². The van der Waals surface area contributed by atoms with Crippen LogP contribution in [0, 0.1) is 62.9 Å². The summed E-state index contributed by atoms with van der Waals surface area (Å²) in [6.45, 7) is 1.82.